The Morgan fingerprint density at radius 1 is 1.73 bits per heavy atom. The molecule has 0 fully saturated rings. The fourth-order valence-electron chi connectivity index (χ4n) is 0.369. The molecule has 0 aliphatic carbocycles. The molecular weight excluding hydrogens is 150 g/mol. The molecule has 0 radical (unpaired) electrons. The molecule has 0 spiro atoms. The Morgan fingerprint density at radius 3 is 2.64 bits per heavy atom. The molecule has 0 rings (SSSR count). The van der Waals surface area contributed by atoms with Crippen molar-refractivity contribution in [3.8, 4) is 0 Å². The predicted molar refractivity (Wildman–Crippen MR) is 37.9 cm³/mol. The molecule has 3 N–H and O–H groups in total. The van der Waals surface area contributed by atoms with Crippen molar-refractivity contribution in [3.05, 3.63) is 0 Å². The Morgan fingerprint density at radius 2 is 2.27 bits per heavy atom. The molecule has 0 amide bonds. The van der Waals surface area contributed by atoms with Gasteiger partial charge in [0.15, 0.2) is 5.60 Å². The quantitative estimate of drug-likeness (QED) is 0.371. The molecule has 1 unspecified atom stereocenters. The minimum atomic E-state index is -1.77. The second-order valence-electron chi connectivity index (χ2n) is 2.33. The lowest BCUT2D eigenvalue weighted by molar-refractivity contribution is -0.158. The summed E-state index contributed by atoms with van der Waals surface area (Å²) < 4.78 is 0. The fraction of sp³-hybridized carbons (Fsp3) is 0.833. The third-order valence-corrected chi connectivity index (χ3v) is 1.12. The van der Waals surface area contributed by atoms with Gasteiger partial charge in [-0.25, -0.2) is 4.79 Å². The zero-order valence-electron chi connectivity index (χ0n) is 6.63. The highest BCUT2D eigenvalue weighted by atomic mass is 16.6. The first-order chi connectivity index (χ1) is 5.00. The highest BCUT2D eigenvalue weighted by Crippen LogP contribution is 1.99. The van der Waals surface area contributed by atoms with Gasteiger partial charge in [0.1, 0.15) is 0 Å². The van der Waals surface area contributed by atoms with Gasteiger partial charge in [-0.1, -0.05) is 0 Å². The monoisotopic (exact) mass is 163 g/mol. The first-order valence-corrected chi connectivity index (χ1v) is 3.31. The molecule has 0 aromatic rings. The van der Waals surface area contributed by atoms with Crippen LogP contribution in [0.25, 0.3) is 0 Å². The third kappa shape index (κ3) is 3.92. The molecule has 0 bridgehead atoms. The first-order valence-electron chi connectivity index (χ1n) is 3.31. The van der Waals surface area contributed by atoms with Crippen molar-refractivity contribution in [2.24, 2.45) is 0 Å². The summed E-state index contributed by atoms with van der Waals surface area (Å²) in [6.45, 7) is 3.25. The van der Waals surface area contributed by atoms with Crippen molar-refractivity contribution in [1.29, 1.82) is 0 Å². The number of hydrogen-bond acceptors (Lipinski definition) is 4. The number of hydrogen-bond donors (Lipinski definition) is 3. The maximum Gasteiger partial charge on any atom is 0.336 e. The topological polar surface area (TPSA) is 78.8 Å². The number of aliphatic hydroxyl groups is 1. The van der Waals surface area contributed by atoms with E-state index in [2.05, 4.69) is 10.3 Å². The van der Waals surface area contributed by atoms with Gasteiger partial charge in [0.2, 0.25) is 0 Å². The van der Waals surface area contributed by atoms with Gasteiger partial charge in [0.25, 0.3) is 0 Å². The van der Waals surface area contributed by atoms with Gasteiger partial charge >= 0.3 is 5.97 Å². The van der Waals surface area contributed by atoms with Crippen LogP contribution in [-0.4, -0.2) is 34.9 Å². The fourth-order valence-corrected chi connectivity index (χ4v) is 0.369. The molecule has 5 nitrogen and oxygen atoms in total. The van der Waals surface area contributed by atoms with Crippen molar-refractivity contribution >= 4 is 5.97 Å². The molecule has 66 valence electrons. The van der Waals surface area contributed by atoms with Crippen LogP contribution < -0.4 is 5.48 Å². The molecule has 0 aliphatic heterocycles. The summed E-state index contributed by atoms with van der Waals surface area (Å²) in [5, 5.41) is 17.5. The van der Waals surface area contributed by atoms with Crippen LogP contribution in [0.15, 0.2) is 0 Å². The maximum atomic E-state index is 10.3. The van der Waals surface area contributed by atoms with E-state index in [-0.39, 0.29) is 6.54 Å². The molecular formula is C6H13NO4. The van der Waals surface area contributed by atoms with E-state index in [4.69, 9.17) is 10.2 Å². The molecule has 0 saturated carbocycles. The van der Waals surface area contributed by atoms with Crippen LogP contribution in [0.1, 0.15) is 13.8 Å². The predicted octanol–water partition coefficient (Wildman–Crippen LogP) is -0.637. The molecule has 0 heterocycles. The number of hydroxylamine groups is 1. The van der Waals surface area contributed by atoms with Gasteiger partial charge in [0.05, 0.1) is 13.2 Å². The normalized spacial score (nSPS) is 15.9. The molecule has 5 heteroatoms. The first kappa shape index (κ1) is 10.3. The average molecular weight is 163 g/mol. The smallest absolute Gasteiger partial charge is 0.336 e. The second kappa shape index (κ2) is 4.27. The van der Waals surface area contributed by atoms with Gasteiger partial charge in [-0.3, -0.25) is 0 Å². The lowest BCUT2D eigenvalue weighted by atomic mass is 10.1. The summed E-state index contributed by atoms with van der Waals surface area (Å²) in [5.74, 6) is -1.27. The molecule has 11 heavy (non-hydrogen) atoms. The third-order valence-electron chi connectivity index (χ3n) is 1.12. The van der Waals surface area contributed by atoms with Crippen LogP contribution >= 0.6 is 0 Å². The molecule has 0 saturated heterocycles. The number of carbonyl (C=O) groups is 1. The SMILES string of the molecule is CCONCC(C)(O)C(=O)O. The van der Waals surface area contributed by atoms with Crippen LogP contribution in [0.5, 0.6) is 0 Å². The lowest BCUT2D eigenvalue weighted by Crippen LogP contribution is -2.44. The van der Waals surface area contributed by atoms with E-state index < -0.39 is 11.6 Å². The number of carboxylic acids is 1. The number of aliphatic carboxylic acids is 1. The van der Waals surface area contributed by atoms with Gasteiger partial charge < -0.3 is 15.1 Å². The van der Waals surface area contributed by atoms with E-state index in [1.54, 1.807) is 6.92 Å². The van der Waals surface area contributed by atoms with Crippen LogP contribution in [0, 0.1) is 0 Å². The van der Waals surface area contributed by atoms with E-state index in [1.165, 1.54) is 6.92 Å². The summed E-state index contributed by atoms with van der Waals surface area (Å²) in [5.41, 5.74) is 0.557. The largest absolute Gasteiger partial charge is 0.479 e. The van der Waals surface area contributed by atoms with Crippen LogP contribution in [0.4, 0.5) is 0 Å². The van der Waals surface area contributed by atoms with E-state index >= 15 is 0 Å². The second-order valence-corrected chi connectivity index (χ2v) is 2.33. The van der Waals surface area contributed by atoms with E-state index in [0.29, 0.717) is 6.61 Å². The summed E-state index contributed by atoms with van der Waals surface area (Å²) in [6.07, 6.45) is 0. The Labute approximate surface area is 64.9 Å². The Bertz CT molecular complexity index is 135. The van der Waals surface area contributed by atoms with Crippen molar-refractivity contribution in [2.75, 3.05) is 13.2 Å². The van der Waals surface area contributed by atoms with E-state index in [9.17, 15) is 4.79 Å². The van der Waals surface area contributed by atoms with Gasteiger partial charge in [0, 0.05) is 0 Å². The number of carboxylic acid groups (broad SMARTS) is 1. The summed E-state index contributed by atoms with van der Waals surface area (Å²) in [6, 6.07) is 0. The Hall–Kier alpha value is -0.650. The maximum absolute atomic E-state index is 10.3. The zero-order chi connectivity index (χ0) is 8.91. The highest BCUT2D eigenvalue weighted by molar-refractivity contribution is 5.76. The molecule has 1 atom stereocenters. The molecule has 0 aromatic carbocycles. The van der Waals surface area contributed by atoms with Crippen LogP contribution in [-0.2, 0) is 9.63 Å². The van der Waals surface area contributed by atoms with E-state index in [0.717, 1.165) is 0 Å². The summed E-state index contributed by atoms with van der Waals surface area (Å²) in [4.78, 5) is 14.9. The van der Waals surface area contributed by atoms with Crippen molar-refractivity contribution < 1.29 is 19.8 Å². The number of rotatable bonds is 5. The standard InChI is InChI=1S/C6H13NO4/c1-3-11-7-4-6(2,10)5(8)9/h7,10H,3-4H2,1-2H3,(H,8,9). The minimum absolute atomic E-state index is 0.129. The lowest BCUT2D eigenvalue weighted by Gasteiger charge is -2.17. The number of nitrogens with one attached hydrogen (secondary N) is 1. The average Bonchev–Trinajstić information content (AvgIpc) is 1.88. The van der Waals surface area contributed by atoms with Gasteiger partial charge in [-0.2, -0.15) is 5.48 Å². The van der Waals surface area contributed by atoms with Crippen molar-refractivity contribution in [3.63, 3.8) is 0 Å². The van der Waals surface area contributed by atoms with Crippen LogP contribution in [0.3, 0.4) is 0 Å². The van der Waals surface area contributed by atoms with Gasteiger partial charge in [-0.05, 0) is 13.8 Å². The van der Waals surface area contributed by atoms with E-state index in [1.807, 2.05) is 0 Å². The summed E-state index contributed by atoms with van der Waals surface area (Å²) in [7, 11) is 0. The van der Waals surface area contributed by atoms with Gasteiger partial charge in [-0.15, -0.1) is 0 Å². The zero-order valence-corrected chi connectivity index (χ0v) is 6.63. The molecule has 0 aliphatic rings. The Balaban J connectivity index is 3.64. The van der Waals surface area contributed by atoms with Crippen molar-refractivity contribution in [2.45, 2.75) is 19.4 Å². The minimum Gasteiger partial charge on any atom is -0.479 e. The van der Waals surface area contributed by atoms with Crippen molar-refractivity contribution in [1.82, 2.24) is 5.48 Å². The summed E-state index contributed by atoms with van der Waals surface area (Å²) >= 11 is 0. The Kier molecular flexibility index (Phi) is 4.02. The van der Waals surface area contributed by atoms with Crippen LogP contribution in [0.2, 0.25) is 0 Å². The highest BCUT2D eigenvalue weighted by Gasteiger charge is 2.29. The molecule has 0 aromatic heterocycles.